The Labute approximate surface area is 108 Å². The van der Waals surface area contributed by atoms with Gasteiger partial charge in [0, 0.05) is 5.56 Å². The molecule has 1 unspecified atom stereocenters. The fourth-order valence-electron chi connectivity index (χ4n) is 1.09. The molecular formula is C12H15ClFNOS. The Morgan fingerprint density at radius 3 is 2.53 bits per heavy atom. The van der Waals surface area contributed by atoms with Gasteiger partial charge < -0.3 is 0 Å². The quantitative estimate of drug-likeness (QED) is 0.756. The van der Waals surface area contributed by atoms with Gasteiger partial charge in [-0.2, -0.15) is 4.40 Å². The fourth-order valence-corrected chi connectivity index (χ4v) is 1.98. The number of hydrogen-bond acceptors (Lipinski definition) is 1. The second-order valence-electron chi connectivity index (χ2n) is 4.64. The molecule has 0 amide bonds. The van der Waals surface area contributed by atoms with Gasteiger partial charge in [0.25, 0.3) is 0 Å². The summed E-state index contributed by atoms with van der Waals surface area (Å²) in [5, 5.41) is 0.0136. The van der Waals surface area contributed by atoms with Gasteiger partial charge in [-0.15, -0.1) is 0 Å². The first-order valence-electron chi connectivity index (χ1n) is 5.15. The highest BCUT2D eigenvalue weighted by atomic mass is 35.5. The first-order valence-corrected chi connectivity index (χ1v) is 6.63. The van der Waals surface area contributed by atoms with Crippen molar-refractivity contribution in [1.29, 1.82) is 0 Å². The Bertz CT molecular complexity index is 480. The lowest BCUT2D eigenvalue weighted by atomic mass is 10.1. The Kier molecular flexibility index (Phi) is 4.44. The molecule has 0 fully saturated rings. The Morgan fingerprint density at radius 2 is 2.00 bits per heavy atom. The van der Waals surface area contributed by atoms with Gasteiger partial charge in [-0.3, -0.25) is 0 Å². The lowest BCUT2D eigenvalue weighted by Crippen LogP contribution is -2.20. The van der Waals surface area contributed by atoms with E-state index < -0.39 is 21.5 Å². The summed E-state index contributed by atoms with van der Waals surface area (Å²) in [4.78, 5) is 0. The van der Waals surface area contributed by atoms with Crippen molar-refractivity contribution >= 4 is 28.3 Å². The predicted molar refractivity (Wildman–Crippen MR) is 71.5 cm³/mol. The van der Waals surface area contributed by atoms with Crippen LogP contribution in [-0.2, 0) is 11.0 Å². The molecule has 17 heavy (non-hydrogen) atoms. The minimum absolute atomic E-state index is 0.0136. The molecule has 0 aliphatic heterocycles. The van der Waals surface area contributed by atoms with Gasteiger partial charge in [0.05, 0.1) is 15.5 Å². The van der Waals surface area contributed by atoms with E-state index >= 15 is 0 Å². The van der Waals surface area contributed by atoms with Crippen molar-refractivity contribution in [1.82, 2.24) is 0 Å². The maximum atomic E-state index is 13.2. The van der Waals surface area contributed by atoms with Crippen molar-refractivity contribution < 1.29 is 8.60 Å². The lowest BCUT2D eigenvalue weighted by Gasteiger charge is -2.14. The van der Waals surface area contributed by atoms with Crippen LogP contribution in [0.2, 0.25) is 5.02 Å². The Morgan fingerprint density at radius 1 is 1.41 bits per heavy atom. The number of benzene rings is 1. The van der Waals surface area contributed by atoms with E-state index in [9.17, 15) is 8.60 Å². The van der Waals surface area contributed by atoms with Crippen molar-refractivity contribution in [2.75, 3.05) is 0 Å². The third-order valence-electron chi connectivity index (χ3n) is 2.09. The molecule has 0 aromatic heterocycles. The summed E-state index contributed by atoms with van der Waals surface area (Å²) in [6.07, 6.45) is 0. The summed E-state index contributed by atoms with van der Waals surface area (Å²) in [5.41, 5.74) is 0.951. The van der Waals surface area contributed by atoms with Gasteiger partial charge in [-0.25, -0.2) is 8.60 Å². The summed E-state index contributed by atoms with van der Waals surface area (Å²) in [5.74, 6) is -0.500. The van der Waals surface area contributed by atoms with Crippen LogP contribution in [0.1, 0.15) is 33.3 Å². The molecule has 0 bridgehead atoms. The zero-order chi connectivity index (χ0) is 13.2. The standard InChI is InChI=1S/C12H15ClFNOS/c1-8(15-17(16)12(2,3)4)9-6-5-7-10(14)11(9)13/h5-7H,1-4H3. The molecular weight excluding hydrogens is 261 g/mol. The molecule has 0 saturated heterocycles. The van der Waals surface area contributed by atoms with E-state index in [1.165, 1.54) is 6.07 Å². The lowest BCUT2D eigenvalue weighted by molar-refractivity contribution is 0.628. The smallest absolute Gasteiger partial charge is 0.145 e. The molecule has 0 N–H and O–H groups in total. The molecule has 0 aliphatic carbocycles. The molecule has 1 atom stereocenters. The maximum absolute atomic E-state index is 13.2. The molecule has 1 aromatic rings. The molecule has 2 nitrogen and oxygen atoms in total. The molecule has 0 radical (unpaired) electrons. The van der Waals surface area contributed by atoms with Crippen LogP contribution in [0.15, 0.2) is 22.6 Å². The van der Waals surface area contributed by atoms with Crippen LogP contribution in [0.5, 0.6) is 0 Å². The van der Waals surface area contributed by atoms with Crippen LogP contribution in [0.25, 0.3) is 0 Å². The van der Waals surface area contributed by atoms with Gasteiger partial charge >= 0.3 is 0 Å². The van der Waals surface area contributed by atoms with Crippen molar-refractivity contribution in [3.8, 4) is 0 Å². The first-order chi connectivity index (χ1) is 7.73. The van der Waals surface area contributed by atoms with Crippen molar-refractivity contribution in [3.05, 3.63) is 34.6 Å². The van der Waals surface area contributed by atoms with E-state index in [0.717, 1.165) is 0 Å². The molecule has 1 rings (SSSR count). The Hall–Kier alpha value is -0.740. The summed E-state index contributed by atoms with van der Waals surface area (Å²) >= 11 is 5.83. The number of halogens is 2. The van der Waals surface area contributed by atoms with E-state index in [1.807, 2.05) is 20.8 Å². The van der Waals surface area contributed by atoms with E-state index in [2.05, 4.69) is 4.40 Å². The van der Waals surface area contributed by atoms with Crippen LogP contribution in [0.4, 0.5) is 4.39 Å². The van der Waals surface area contributed by atoms with E-state index in [0.29, 0.717) is 11.3 Å². The van der Waals surface area contributed by atoms with Crippen LogP contribution in [0.3, 0.4) is 0 Å². The van der Waals surface area contributed by atoms with Crippen molar-refractivity contribution in [2.45, 2.75) is 32.4 Å². The summed E-state index contributed by atoms with van der Waals surface area (Å²) in [6, 6.07) is 4.49. The first kappa shape index (κ1) is 14.3. The molecule has 0 aliphatic rings. The highest BCUT2D eigenvalue weighted by Gasteiger charge is 2.20. The SMILES string of the molecule is CC(=NS(=O)C(C)(C)C)c1cccc(F)c1Cl. The number of hydrogen-bond donors (Lipinski definition) is 0. The average molecular weight is 276 g/mol. The van der Waals surface area contributed by atoms with Gasteiger partial charge in [0.1, 0.15) is 16.8 Å². The second kappa shape index (κ2) is 5.27. The normalized spacial score (nSPS) is 14.8. The minimum atomic E-state index is -1.38. The average Bonchev–Trinajstić information content (AvgIpc) is 2.20. The molecule has 5 heteroatoms. The topological polar surface area (TPSA) is 29.4 Å². The van der Waals surface area contributed by atoms with E-state index in [-0.39, 0.29) is 5.02 Å². The van der Waals surface area contributed by atoms with Gasteiger partial charge in [-0.1, -0.05) is 23.7 Å². The molecule has 0 saturated carbocycles. The van der Waals surface area contributed by atoms with Crippen LogP contribution in [-0.4, -0.2) is 14.7 Å². The van der Waals surface area contributed by atoms with E-state index in [1.54, 1.807) is 19.1 Å². The van der Waals surface area contributed by atoms with Crippen molar-refractivity contribution in [2.24, 2.45) is 4.40 Å². The summed E-state index contributed by atoms with van der Waals surface area (Å²) in [6.45, 7) is 7.15. The largest absolute Gasteiger partial charge is 0.234 e. The Balaban J connectivity index is 3.13. The molecule has 1 aromatic carbocycles. The van der Waals surface area contributed by atoms with Crippen LogP contribution >= 0.6 is 11.6 Å². The second-order valence-corrected chi connectivity index (χ2v) is 6.92. The molecule has 0 heterocycles. The maximum Gasteiger partial charge on any atom is 0.145 e. The third-order valence-corrected chi connectivity index (χ3v) is 3.96. The zero-order valence-corrected chi connectivity index (χ0v) is 11.8. The summed E-state index contributed by atoms with van der Waals surface area (Å²) < 4.78 is 28.7. The zero-order valence-electron chi connectivity index (χ0n) is 10.3. The highest BCUT2D eigenvalue weighted by Crippen LogP contribution is 2.21. The van der Waals surface area contributed by atoms with Gasteiger partial charge in [0.15, 0.2) is 0 Å². The highest BCUT2D eigenvalue weighted by molar-refractivity contribution is 7.85. The predicted octanol–water partition coefficient (Wildman–Crippen LogP) is 3.75. The van der Waals surface area contributed by atoms with Gasteiger partial charge in [-0.05, 0) is 33.8 Å². The monoisotopic (exact) mass is 275 g/mol. The van der Waals surface area contributed by atoms with Crippen LogP contribution in [0, 0.1) is 5.82 Å². The minimum Gasteiger partial charge on any atom is -0.234 e. The van der Waals surface area contributed by atoms with E-state index in [4.69, 9.17) is 11.6 Å². The number of nitrogens with zero attached hydrogens (tertiary/aromatic N) is 1. The number of rotatable bonds is 2. The molecule has 94 valence electrons. The van der Waals surface area contributed by atoms with Crippen molar-refractivity contribution in [3.63, 3.8) is 0 Å². The van der Waals surface area contributed by atoms with Gasteiger partial charge in [0.2, 0.25) is 0 Å². The molecule has 0 spiro atoms. The third kappa shape index (κ3) is 3.61. The van der Waals surface area contributed by atoms with Crippen LogP contribution < -0.4 is 0 Å². The fraction of sp³-hybridized carbons (Fsp3) is 0.417. The summed E-state index contributed by atoms with van der Waals surface area (Å²) in [7, 11) is -1.38.